The summed E-state index contributed by atoms with van der Waals surface area (Å²) >= 11 is 0. The maximum absolute atomic E-state index is 11.0. The Balaban J connectivity index is 0.00000147. The van der Waals surface area contributed by atoms with Crippen LogP contribution in [0.2, 0.25) is 0 Å². The van der Waals surface area contributed by atoms with Gasteiger partial charge in [-0.3, -0.25) is 4.68 Å². The molecule has 0 atom stereocenters. The van der Waals surface area contributed by atoms with Gasteiger partial charge in [-0.25, -0.2) is 4.98 Å². The molecular formula is C14H10LiN3O2. The third kappa shape index (κ3) is 2.46. The van der Waals surface area contributed by atoms with Crippen molar-refractivity contribution >= 4 is 16.9 Å². The summed E-state index contributed by atoms with van der Waals surface area (Å²) in [4.78, 5) is 15.1. The van der Waals surface area contributed by atoms with E-state index in [-0.39, 0.29) is 24.6 Å². The molecule has 0 aliphatic rings. The first-order valence-corrected chi connectivity index (χ1v) is 5.75. The van der Waals surface area contributed by atoms with Crippen molar-refractivity contribution in [2.24, 2.45) is 7.05 Å². The summed E-state index contributed by atoms with van der Waals surface area (Å²) in [7, 11) is 1.81. The molecule has 2 aromatic heterocycles. The zero-order valence-electron chi connectivity index (χ0n) is 11.2. The van der Waals surface area contributed by atoms with Crippen LogP contribution in [-0.4, -0.2) is 20.7 Å². The van der Waals surface area contributed by atoms with Crippen molar-refractivity contribution in [3.63, 3.8) is 0 Å². The summed E-state index contributed by atoms with van der Waals surface area (Å²) in [6, 6.07) is 8.92. The fourth-order valence-corrected chi connectivity index (χ4v) is 2.08. The number of fused-ring (bicyclic) bond motifs is 1. The average Bonchev–Trinajstić information content (AvgIpc) is 2.84. The molecule has 0 radical (unpaired) electrons. The van der Waals surface area contributed by atoms with Crippen LogP contribution in [0.4, 0.5) is 0 Å². The Morgan fingerprint density at radius 2 is 2.05 bits per heavy atom. The van der Waals surface area contributed by atoms with E-state index in [4.69, 9.17) is 0 Å². The maximum atomic E-state index is 11.0. The van der Waals surface area contributed by atoms with E-state index >= 15 is 0 Å². The van der Waals surface area contributed by atoms with Crippen LogP contribution in [0.25, 0.3) is 22.0 Å². The van der Waals surface area contributed by atoms with E-state index < -0.39 is 5.97 Å². The number of para-hydroxylation sites is 1. The van der Waals surface area contributed by atoms with E-state index in [2.05, 4.69) is 10.1 Å². The second kappa shape index (κ2) is 5.49. The van der Waals surface area contributed by atoms with E-state index in [0.717, 1.165) is 16.5 Å². The number of rotatable bonds is 2. The standard InChI is InChI=1S/C14H11N3O2.Li/c1-17-8-9(7-15-17)11-6-13(14(18)19)16-12-5-3-2-4-10(11)12;/h2-8H,1H3,(H,18,19);/q;+1/p-1. The third-order valence-electron chi connectivity index (χ3n) is 2.94. The Morgan fingerprint density at radius 3 is 2.70 bits per heavy atom. The number of carboxylic acid groups (broad SMARTS) is 1. The summed E-state index contributed by atoms with van der Waals surface area (Å²) in [6.07, 6.45) is 3.53. The second-order valence-corrected chi connectivity index (χ2v) is 4.26. The molecule has 3 aromatic rings. The number of aromatic nitrogens is 3. The number of carbonyl (C=O) groups excluding carboxylic acids is 1. The first kappa shape index (κ1) is 14.3. The summed E-state index contributed by atoms with van der Waals surface area (Å²) in [5, 5.41) is 16.0. The maximum Gasteiger partial charge on any atom is 1.00 e. The minimum absolute atomic E-state index is 0. The minimum atomic E-state index is -1.28. The van der Waals surface area contributed by atoms with Gasteiger partial charge in [0, 0.05) is 24.2 Å². The molecule has 0 fully saturated rings. The Kier molecular flexibility index (Phi) is 3.93. The van der Waals surface area contributed by atoms with Gasteiger partial charge in [0.15, 0.2) is 0 Å². The van der Waals surface area contributed by atoms with E-state index in [1.165, 1.54) is 6.07 Å². The van der Waals surface area contributed by atoms with Gasteiger partial charge < -0.3 is 9.90 Å². The van der Waals surface area contributed by atoms with Crippen molar-refractivity contribution in [1.29, 1.82) is 0 Å². The fourth-order valence-electron chi connectivity index (χ4n) is 2.08. The van der Waals surface area contributed by atoms with Crippen LogP contribution in [0.3, 0.4) is 0 Å². The molecule has 94 valence electrons. The number of aromatic carboxylic acids is 1. The molecule has 0 spiro atoms. The molecule has 0 saturated carbocycles. The predicted molar refractivity (Wildman–Crippen MR) is 68.3 cm³/mol. The molecule has 2 heterocycles. The van der Waals surface area contributed by atoms with Gasteiger partial charge in [0.25, 0.3) is 0 Å². The molecule has 20 heavy (non-hydrogen) atoms. The van der Waals surface area contributed by atoms with Crippen LogP contribution in [0.5, 0.6) is 0 Å². The Hall–Kier alpha value is -2.09. The number of aryl methyl sites for hydroxylation is 1. The average molecular weight is 259 g/mol. The van der Waals surface area contributed by atoms with Crippen molar-refractivity contribution in [2.45, 2.75) is 0 Å². The Labute approximate surface area is 127 Å². The molecule has 0 amide bonds. The predicted octanol–water partition coefficient (Wildman–Crippen LogP) is -2.00. The number of hydrogen-bond donors (Lipinski definition) is 0. The molecule has 6 heteroatoms. The number of carbonyl (C=O) groups is 1. The minimum Gasteiger partial charge on any atom is -0.543 e. The van der Waals surface area contributed by atoms with Crippen LogP contribution < -0.4 is 24.0 Å². The molecule has 5 nitrogen and oxygen atoms in total. The summed E-state index contributed by atoms with van der Waals surface area (Å²) in [5.41, 5.74) is 2.20. The van der Waals surface area contributed by atoms with Crippen LogP contribution in [0.1, 0.15) is 10.5 Å². The van der Waals surface area contributed by atoms with Gasteiger partial charge in [0.1, 0.15) is 0 Å². The molecule has 0 unspecified atom stereocenters. The third-order valence-corrected chi connectivity index (χ3v) is 2.94. The van der Waals surface area contributed by atoms with Gasteiger partial charge in [0.05, 0.1) is 23.4 Å². The molecular weight excluding hydrogens is 249 g/mol. The first-order chi connectivity index (χ1) is 9.15. The Bertz CT molecular complexity index is 783. The molecule has 0 aliphatic carbocycles. The van der Waals surface area contributed by atoms with Crippen molar-refractivity contribution in [3.8, 4) is 11.1 Å². The summed E-state index contributed by atoms with van der Waals surface area (Å²) < 4.78 is 1.67. The van der Waals surface area contributed by atoms with Crippen LogP contribution in [0, 0.1) is 0 Å². The van der Waals surface area contributed by atoms with Crippen molar-refractivity contribution < 1.29 is 28.8 Å². The van der Waals surface area contributed by atoms with Gasteiger partial charge in [-0.1, -0.05) is 18.2 Å². The number of nitrogens with zero attached hydrogens (tertiary/aromatic N) is 3. The van der Waals surface area contributed by atoms with E-state index in [1.807, 2.05) is 31.4 Å². The summed E-state index contributed by atoms with van der Waals surface area (Å²) in [5.74, 6) is -1.28. The van der Waals surface area contributed by atoms with Gasteiger partial charge in [0.2, 0.25) is 0 Å². The van der Waals surface area contributed by atoms with Gasteiger partial charge in [-0.15, -0.1) is 0 Å². The van der Waals surface area contributed by atoms with Crippen LogP contribution in [-0.2, 0) is 7.05 Å². The number of hydrogen-bond acceptors (Lipinski definition) is 4. The molecule has 1 aromatic carbocycles. The van der Waals surface area contributed by atoms with Crippen molar-refractivity contribution in [2.75, 3.05) is 0 Å². The zero-order chi connectivity index (χ0) is 13.4. The molecule has 0 bridgehead atoms. The smallest absolute Gasteiger partial charge is 0.543 e. The fraction of sp³-hybridized carbons (Fsp3) is 0.0714. The number of pyridine rings is 1. The van der Waals surface area contributed by atoms with E-state index in [0.29, 0.717) is 5.52 Å². The van der Waals surface area contributed by atoms with E-state index in [9.17, 15) is 9.90 Å². The quantitative estimate of drug-likeness (QED) is 0.499. The topological polar surface area (TPSA) is 70.8 Å². The van der Waals surface area contributed by atoms with Gasteiger partial charge in [-0.05, 0) is 17.7 Å². The monoisotopic (exact) mass is 259 g/mol. The van der Waals surface area contributed by atoms with Crippen molar-refractivity contribution in [1.82, 2.24) is 14.8 Å². The molecule has 0 aliphatic heterocycles. The number of carboxylic acids is 1. The van der Waals surface area contributed by atoms with Crippen LogP contribution in [0.15, 0.2) is 42.7 Å². The zero-order valence-corrected chi connectivity index (χ0v) is 11.2. The van der Waals surface area contributed by atoms with Crippen molar-refractivity contribution in [3.05, 3.63) is 48.4 Å². The number of benzene rings is 1. The summed E-state index contributed by atoms with van der Waals surface area (Å²) in [6.45, 7) is 0. The molecule has 0 N–H and O–H groups in total. The largest absolute Gasteiger partial charge is 1.00 e. The molecule has 3 rings (SSSR count). The second-order valence-electron chi connectivity index (χ2n) is 4.26. The van der Waals surface area contributed by atoms with E-state index in [1.54, 1.807) is 16.9 Å². The van der Waals surface area contributed by atoms with Gasteiger partial charge >= 0.3 is 18.9 Å². The Morgan fingerprint density at radius 1 is 1.30 bits per heavy atom. The first-order valence-electron chi connectivity index (χ1n) is 5.75. The normalized spacial score (nSPS) is 10.2. The SMILES string of the molecule is Cn1cc(-c2cc(C(=O)[O-])nc3ccccc23)cn1.[Li+]. The van der Waals surface area contributed by atoms with Crippen LogP contribution >= 0.6 is 0 Å². The van der Waals surface area contributed by atoms with Gasteiger partial charge in [-0.2, -0.15) is 5.10 Å². The molecule has 0 saturated heterocycles.